The van der Waals surface area contributed by atoms with E-state index < -0.39 is 0 Å². The van der Waals surface area contributed by atoms with Gasteiger partial charge in [-0.15, -0.1) is 11.3 Å². The highest BCUT2D eigenvalue weighted by atomic mass is 32.1. The molecule has 5 nitrogen and oxygen atoms in total. The van der Waals surface area contributed by atoms with Gasteiger partial charge in [-0.2, -0.15) is 0 Å². The zero-order chi connectivity index (χ0) is 18.8. The lowest BCUT2D eigenvalue weighted by Gasteiger charge is -2.32. The van der Waals surface area contributed by atoms with Gasteiger partial charge in [0.1, 0.15) is 11.4 Å². The number of carbonyl (C=O) groups is 1. The van der Waals surface area contributed by atoms with Crippen molar-refractivity contribution in [1.29, 1.82) is 0 Å². The van der Waals surface area contributed by atoms with Crippen molar-refractivity contribution in [2.24, 2.45) is 0 Å². The van der Waals surface area contributed by atoms with Crippen LogP contribution in [0.4, 0.5) is 10.8 Å². The van der Waals surface area contributed by atoms with E-state index in [0.29, 0.717) is 29.8 Å². The summed E-state index contributed by atoms with van der Waals surface area (Å²) in [7, 11) is 1.64. The third-order valence-corrected chi connectivity index (χ3v) is 5.55. The molecule has 1 aliphatic heterocycles. The summed E-state index contributed by atoms with van der Waals surface area (Å²) in [5.41, 5.74) is 3.95. The molecule has 0 saturated heterocycles. The zero-order valence-corrected chi connectivity index (χ0v) is 16.1. The quantitative estimate of drug-likeness (QED) is 0.717. The molecule has 0 aliphatic carbocycles. The number of ether oxygens (including phenoxy) is 1. The molecule has 1 unspecified atom stereocenters. The lowest BCUT2D eigenvalue weighted by Crippen LogP contribution is -2.37. The van der Waals surface area contributed by atoms with Crippen molar-refractivity contribution in [2.75, 3.05) is 19.0 Å². The maximum absolute atomic E-state index is 12.9. The first-order valence-corrected chi connectivity index (χ1v) is 9.75. The molecule has 0 fully saturated rings. The number of nitrogens with zero attached hydrogens (tertiary/aromatic N) is 2. The fourth-order valence-corrected chi connectivity index (χ4v) is 4.11. The maximum Gasteiger partial charge on any atom is 0.273 e. The number of anilines is 2. The molecule has 1 N–H and O–H groups in total. The Bertz CT molecular complexity index is 952. The molecule has 2 heterocycles. The van der Waals surface area contributed by atoms with Crippen LogP contribution >= 0.6 is 11.3 Å². The third-order valence-electron chi connectivity index (χ3n) is 4.79. The Kier molecular flexibility index (Phi) is 4.81. The highest BCUT2D eigenvalue weighted by Gasteiger charge is 2.27. The Morgan fingerprint density at radius 1 is 1.22 bits per heavy atom. The van der Waals surface area contributed by atoms with E-state index in [1.165, 1.54) is 22.5 Å². The second-order valence-electron chi connectivity index (χ2n) is 6.68. The van der Waals surface area contributed by atoms with Crippen molar-refractivity contribution in [3.8, 4) is 5.75 Å². The van der Waals surface area contributed by atoms with Crippen LogP contribution in [0.5, 0.6) is 5.75 Å². The van der Waals surface area contributed by atoms with Gasteiger partial charge in [-0.05, 0) is 41.3 Å². The molecule has 0 saturated carbocycles. The van der Waals surface area contributed by atoms with Crippen molar-refractivity contribution in [3.63, 3.8) is 0 Å². The van der Waals surface area contributed by atoms with Crippen molar-refractivity contribution in [3.05, 3.63) is 70.7 Å². The number of fused-ring (bicyclic) bond motifs is 1. The van der Waals surface area contributed by atoms with Crippen LogP contribution in [-0.2, 0) is 6.54 Å². The number of rotatable bonds is 4. The van der Waals surface area contributed by atoms with Crippen molar-refractivity contribution in [1.82, 2.24) is 9.88 Å². The van der Waals surface area contributed by atoms with Crippen LogP contribution < -0.4 is 10.1 Å². The van der Waals surface area contributed by atoms with Gasteiger partial charge in [0.25, 0.3) is 5.91 Å². The fraction of sp³-hybridized carbons (Fsp3) is 0.238. The summed E-state index contributed by atoms with van der Waals surface area (Å²) in [6.45, 7) is 3.52. The Labute approximate surface area is 162 Å². The number of carbonyl (C=O) groups excluding carboxylic acids is 1. The number of aromatic nitrogens is 1. The molecule has 6 heteroatoms. The topological polar surface area (TPSA) is 54.5 Å². The van der Waals surface area contributed by atoms with Crippen LogP contribution in [0.3, 0.4) is 0 Å². The molecule has 138 valence electrons. The van der Waals surface area contributed by atoms with Gasteiger partial charge >= 0.3 is 0 Å². The number of methoxy groups -OCH3 is 1. The van der Waals surface area contributed by atoms with Gasteiger partial charge in [0.05, 0.1) is 7.11 Å². The summed E-state index contributed by atoms with van der Waals surface area (Å²) >= 11 is 1.43. The van der Waals surface area contributed by atoms with E-state index >= 15 is 0 Å². The van der Waals surface area contributed by atoms with E-state index in [1.807, 2.05) is 40.6 Å². The number of hydrogen-bond acceptors (Lipinski definition) is 5. The summed E-state index contributed by atoms with van der Waals surface area (Å²) < 4.78 is 5.16. The summed E-state index contributed by atoms with van der Waals surface area (Å²) in [5.74, 6) is 1.11. The van der Waals surface area contributed by atoms with Crippen LogP contribution in [0.15, 0.2) is 53.9 Å². The minimum atomic E-state index is -0.0182. The highest BCUT2D eigenvalue weighted by Crippen LogP contribution is 2.29. The Morgan fingerprint density at radius 2 is 2.00 bits per heavy atom. The number of hydrogen-bond donors (Lipinski definition) is 1. The average molecular weight is 379 g/mol. The predicted molar refractivity (Wildman–Crippen MR) is 108 cm³/mol. The van der Waals surface area contributed by atoms with Gasteiger partial charge < -0.3 is 15.0 Å². The Hall–Kier alpha value is -2.86. The van der Waals surface area contributed by atoms with Crippen LogP contribution in [0, 0.1) is 0 Å². The molecule has 0 bridgehead atoms. The smallest absolute Gasteiger partial charge is 0.273 e. The molecule has 3 aromatic rings. The highest BCUT2D eigenvalue weighted by molar-refractivity contribution is 7.14. The molecule has 1 atom stereocenters. The lowest BCUT2D eigenvalue weighted by atomic mass is 9.91. The largest absolute Gasteiger partial charge is 0.497 e. The molecule has 1 aromatic heterocycles. The lowest BCUT2D eigenvalue weighted by molar-refractivity contribution is 0.0716. The molecular weight excluding hydrogens is 358 g/mol. The first-order valence-electron chi connectivity index (χ1n) is 8.87. The van der Waals surface area contributed by atoms with Gasteiger partial charge in [-0.3, -0.25) is 4.79 Å². The number of benzene rings is 2. The van der Waals surface area contributed by atoms with E-state index in [0.717, 1.165) is 11.4 Å². The summed E-state index contributed by atoms with van der Waals surface area (Å²) in [6, 6.07) is 16.0. The Balaban J connectivity index is 1.47. The molecule has 0 radical (unpaired) electrons. The summed E-state index contributed by atoms with van der Waals surface area (Å²) in [5, 5.41) is 5.76. The van der Waals surface area contributed by atoms with E-state index in [9.17, 15) is 4.79 Å². The fourth-order valence-electron chi connectivity index (χ4n) is 3.40. The van der Waals surface area contributed by atoms with Crippen molar-refractivity contribution < 1.29 is 9.53 Å². The van der Waals surface area contributed by atoms with Crippen molar-refractivity contribution in [2.45, 2.75) is 19.4 Å². The number of amides is 1. The first kappa shape index (κ1) is 17.5. The molecule has 1 aliphatic rings. The van der Waals surface area contributed by atoms with Crippen LogP contribution in [-0.4, -0.2) is 29.4 Å². The van der Waals surface area contributed by atoms with Gasteiger partial charge in [0.2, 0.25) is 0 Å². The third kappa shape index (κ3) is 3.66. The van der Waals surface area contributed by atoms with Crippen LogP contribution in [0.1, 0.15) is 34.5 Å². The second-order valence-corrected chi connectivity index (χ2v) is 7.54. The summed E-state index contributed by atoms with van der Waals surface area (Å²) in [6.07, 6.45) is 0. The van der Waals surface area contributed by atoms with E-state index in [4.69, 9.17) is 4.74 Å². The minimum absolute atomic E-state index is 0.0182. The molecule has 27 heavy (non-hydrogen) atoms. The monoisotopic (exact) mass is 379 g/mol. The standard InChI is InChI=1S/C21H21N3O2S/c1-14-11-24(12-15-5-3-4-6-18(14)15)20(25)19-13-27-21(23-19)22-16-7-9-17(26-2)10-8-16/h3-10,13-14H,11-12H2,1-2H3,(H,22,23). The zero-order valence-electron chi connectivity index (χ0n) is 15.3. The molecule has 2 aromatic carbocycles. The van der Waals surface area contributed by atoms with E-state index in [2.05, 4.69) is 35.4 Å². The van der Waals surface area contributed by atoms with Gasteiger partial charge in [-0.25, -0.2) is 4.98 Å². The van der Waals surface area contributed by atoms with E-state index in [-0.39, 0.29) is 5.91 Å². The van der Waals surface area contributed by atoms with Crippen LogP contribution in [0.2, 0.25) is 0 Å². The Morgan fingerprint density at radius 3 is 2.78 bits per heavy atom. The number of nitrogens with one attached hydrogen (secondary N) is 1. The number of thiazole rings is 1. The maximum atomic E-state index is 12.9. The molecule has 0 spiro atoms. The van der Waals surface area contributed by atoms with Gasteiger partial charge in [-0.1, -0.05) is 31.2 Å². The molecule has 4 rings (SSSR count). The van der Waals surface area contributed by atoms with Crippen molar-refractivity contribution >= 4 is 28.1 Å². The minimum Gasteiger partial charge on any atom is -0.497 e. The van der Waals surface area contributed by atoms with Gasteiger partial charge in [0.15, 0.2) is 5.13 Å². The first-order chi connectivity index (χ1) is 13.1. The molecular formula is C21H21N3O2S. The molecule has 1 amide bonds. The van der Waals surface area contributed by atoms with E-state index in [1.54, 1.807) is 7.11 Å². The second kappa shape index (κ2) is 7.40. The van der Waals surface area contributed by atoms with Gasteiger partial charge in [0, 0.05) is 24.2 Å². The SMILES string of the molecule is COc1ccc(Nc2nc(C(=O)N3Cc4ccccc4C(C)C3)cs2)cc1. The predicted octanol–water partition coefficient (Wildman–Crippen LogP) is 4.65. The average Bonchev–Trinajstić information content (AvgIpc) is 3.16. The summed E-state index contributed by atoms with van der Waals surface area (Å²) in [4.78, 5) is 19.3. The normalized spacial score (nSPS) is 15.9. The van der Waals surface area contributed by atoms with Crippen LogP contribution in [0.25, 0.3) is 0 Å².